The van der Waals surface area contributed by atoms with Crippen molar-refractivity contribution in [3.05, 3.63) is 95.8 Å². The molecule has 0 saturated carbocycles. The van der Waals surface area contributed by atoms with Crippen LogP contribution in [0, 0.1) is 6.92 Å². The van der Waals surface area contributed by atoms with Crippen molar-refractivity contribution in [1.82, 2.24) is 20.0 Å². The van der Waals surface area contributed by atoms with Crippen LogP contribution in [0.1, 0.15) is 30.5 Å². The maximum absolute atomic E-state index is 5.84. The van der Waals surface area contributed by atoms with Gasteiger partial charge in [0.15, 0.2) is 5.82 Å². The first-order valence-corrected chi connectivity index (χ1v) is 9.22. The second-order valence-corrected chi connectivity index (χ2v) is 7.30. The normalized spacial score (nSPS) is 11.4. The van der Waals surface area contributed by atoms with E-state index >= 15 is 0 Å². The Labute approximate surface area is 164 Å². The molecule has 0 amide bonds. The summed E-state index contributed by atoms with van der Waals surface area (Å²) < 4.78 is 7.49. The third kappa shape index (κ3) is 3.64. The lowest BCUT2D eigenvalue weighted by atomic mass is 9.78. The fourth-order valence-electron chi connectivity index (χ4n) is 3.09. The van der Waals surface area contributed by atoms with Gasteiger partial charge in [0.25, 0.3) is 0 Å². The van der Waals surface area contributed by atoms with E-state index in [0.29, 0.717) is 11.7 Å². The minimum absolute atomic E-state index is 0.0859. The summed E-state index contributed by atoms with van der Waals surface area (Å²) in [7, 11) is 0. The number of ether oxygens (including phenoxy) is 1. The van der Waals surface area contributed by atoms with Gasteiger partial charge in [-0.3, -0.25) is 0 Å². The molecule has 2 heterocycles. The number of aromatic nitrogens is 4. The predicted octanol–water partition coefficient (Wildman–Crippen LogP) is 5.09. The Balaban J connectivity index is 1.49. The number of hydrogen-bond donors (Lipinski definition) is 0. The summed E-state index contributed by atoms with van der Waals surface area (Å²) in [6, 6.07) is 22.3. The van der Waals surface area contributed by atoms with Gasteiger partial charge in [0, 0.05) is 23.9 Å². The van der Waals surface area contributed by atoms with E-state index in [-0.39, 0.29) is 5.41 Å². The Kier molecular flexibility index (Phi) is 4.65. The van der Waals surface area contributed by atoms with Gasteiger partial charge in [-0.05, 0) is 42.3 Å². The molecular formula is C23H22N4O. The van der Waals surface area contributed by atoms with Crippen LogP contribution in [0.2, 0.25) is 0 Å². The van der Waals surface area contributed by atoms with Gasteiger partial charge < -0.3 is 4.74 Å². The van der Waals surface area contributed by atoms with E-state index in [2.05, 4.69) is 72.5 Å². The van der Waals surface area contributed by atoms with Gasteiger partial charge in [0.2, 0.25) is 5.88 Å². The number of aryl methyl sites for hydroxylation is 1. The second kappa shape index (κ2) is 7.27. The molecule has 4 aromatic rings. The van der Waals surface area contributed by atoms with Gasteiger partial charge in [-0.2, -0.15) is 5.10 Å². The molecule has 0 unspecified atom stereocenters. The summed E-state index contributed by atoms with van der Waals surface area (Å²) >= 11 is 0. The van der Waals surface area contributed by atoms with Gasteiger partial charge >= 0.3 is 0 Å². The highest BCUT2D eigenvalue weighted by Gasteiger charge is 2.22. The van der Waals surface area contributed by atoms with Gasteiger partial charge in [0.05, 0.1) is 0 Å². The number of benzene rings is 2. The van der Waals surface area contributed by atoms with Crippen molar-refractivity contribution in [2.75, 3.05) is 0 Å². The number of rotatable bonds is 5. The molecule has 4 rings (SSSR count). The van der Waals surface area contributed by atoms with Crippen molar-refractivity contribution >= 4 is 0 Å². The van der Waals surface area contributed by atoms with Crippen LogP contribution in [-0.4, -0.2) is 20.0 Å². The summed E-state index contributed by atoms with van der Waals surface area (Å²) in [4.78, 5) is 0. The van der Waals surface area contributed by atoms with Crippen LogP contribution in [0.15, 0.2) is 79.1 Å². The smallest absolute Gasteiger partial charge is 0.238 e. The van der Waals surface area contributed by atoms with Crippen LogP contribution in [0.3, 0.4) is 0 Å². The molecule has 140 valence electrons. The quantitative estimate of drug-likeness (QED) is 0.491. The Morgan fingerprint density at radius 1 is 0.821 bits per heavy atom. The van der Waals surface area contributed by atoms with Gasteiger partial charge in [-0.1, -0.05) is 55.8 Å². The fourth-order valence-corrected chi connectivity index (χ4v) is 3.09. The van der Waals surface area contributed by atoms with E-state index in [9.17, 15) is 0 Å². The van der Waals surface area contributed by atoms with E-state index in [1.54, 1.807) is 16.9 Å². The van der Waals surface area contributed by atoms with Crippen molar-refractivity contribution < 1.29 is 4.74 Å². The molecule has 0 N–H and O–H groups in total. The van der Waals surface area contributed by atoms with Gasteiger partial charge in [-0.25, -0.2) is 4.68 Å². The largest absolute Gasteiger partial charge is 0.438 e. The van der Waals surface area contributed by atoms with Crippen LogP contribution in [-0.2, 0) is 5.41 Å². The van der Waals surface area contributed by atoms with E-state index in [1.807, 2.05) is 30.5 Å². The molecule has 0 saturated heterocycles. The molecule has 0 bridgehead atoms. The molecule has 0 aliphatic carbocycles. The van der Waals surface area contributed by atoms with Gasteiger partial charge in [0.1, 0.15) is 5.75 Å². The van der Waals surface area contributed by atoms with Crippen LogP contribution in [0.5, 0.6) is 11.6 Å². The zero-order valence-electron chi connectivity index (χ0n) is 16.2. The molecule has 2 aromatic heterocycles. The molecule has 0 spiro atoms. The first-order chi connectivity index (χ1) is 13.5. The van der Waals surface area contributed by atoms with Crippen molar-refractivity contribution in [2.45, 2.75) is 26.2 Å². The lowest BCUT2D eigenvalue weighted by Gasteiger charge is -2.26. The number of nitrogens with zero attached hydrogens (tertiary/aromatic N) is 4. The molecular weight excluding hydrogens is 348 g/mol. The molecule has 2 aromatic carbocycles. The minimum atomic E-state index is -0.0859. The summed E-state index contributed by atoms with van der Waals surface area (Å²) in [5.74, 6) is 1.82. The highest BCUT2D eigenvalue weighted by Crippen LogP contribution is 2.33. The van der Waals surface area contributed by atoms with Crippen LogP contribution in [0.4, 0.5) is 0 Å². The Hall–Kier alpha value is -3.47. The van der Waals surface area contributed by atoms with Crippen molar-refractivity contribution in [3.63, 3.8) is 0 Å². The first-order valence-electron chi connectivity index (χ1n) is 9.22. The summed E-state index contributed by atoms with van der Waals surface area (Å²) in [6.07, 6.45) is 3.52. The zero-order valence-corrected chi connectivity index (χ0v) is 16.2. The lowest BCUT2D eigenvalue weighted by molar-refractivity contribution is 0.453. The maximum atomic E-state index is 5.84. The Morgan fingerprint density at radius 3 is 2.07 bits per heavy atom. The fraction of sp³-hybridized carbons (Fsp3) is 0.174. The molecule has 0 radical (unpaired) electrons. The highest BCUT2D eigenvalue weighted by molar-refractivity contribution is 5.41. The average Bonchev–Trinajstić information content (AvgIpc) is 3.24. The van der Waals surface area contributed by atoms with E-state index < -0.39 is 0 Å². The minimum Gasteiger partial charge on any atom is -0.438 e. The Morgan fingerprint density at radius 2 is 1.50 bits per heavy atom. The van der Waals surface area contributed by atoms with Crippen molar-refractivity contribution in [2.24, 2.45) is 0 Å². The lowest BCUT2D eigenvalue weighted by Crippen LogP contribution is -2.18. The SMILES string of the molecule is Cc1ccc(C(C)(C)c2ccc(Oc3ccc(-n4cccn4)nn3)cc2)cc1. The molecule has 0 atom stereocenters. The Bertz CT molecular complexity index is 1040. The monoisotopic (exact) mass is 370 g/mol. The van der Waals surface area contributed by atoms with E-state index in [1.165, 1.54) is 16.7 Å². The van der Waals surface area contributed by atoms with E-state index in [0.717, 1.165) is 5.75 Å². The maximum Gasteiger partial charge on any atom is 0.238 e. The third-order valence-corrected chi connectivity index (χ3v) is 4.94. The number of hydrogen-bond acceptors (Lipinski definition) is 4. The van der Waals surface area contributed by atoms with Crippen molar-refractivity contribution in [3.8, 4) is 17.4 Å². The van der Waals surface area contributed by atoms with Gasteiger partial charge in [-0.15, -0.1) is 10.2 Å². The van der Waals surface area contributed by atoms with Crippen LogP contribution >= 0.6 is 0 Å². The molecule has 5 nitrogen and oxygen atoms in total. The average molecular weight is 370 g/mol. The molecule has 5 heteroatoms. The molecule has 28 heavy (non-hydrogen) atoms. The summed E-state index contributed by atoms with van der Waals surface area (Å²) in [5.41, 5.74) is 3.69. The van der Waals surface area contributed by atoms with E-state index in [4.69, 9.17) is 4.74 Å². The van der Waals surface area contributed by atoms with Crippen molar-refractivity contribution in [1.29, 1.82) is 0 Å². The molecule has 0 aliphatic heterocycles. The highest BCUT2D eigenvalue weighted by atomic mass is 16.5. The third-order valence-electron chi connectivity index (χ3n) is 4.94. The first kappa shape index (κ1) is 17.9. The zero-order chi connectivity index (χ0) is 19.6. The summed E-state index contributed by atoms with van der Waals surface area (Å²) in [5, 5.41) is 12.4. The predicted molar refractivity (Wildman–Crippen MR) is 109 cm³/mol. The second-order valence-electron chi connectivity index (χ2n) is 7.30. The molecule has 0 fully saturated rings. The standard InChI is InChI=1S/C23H22N4O/c1-17-5-7-18(8-6-17)23(2,3)19-9-11-20(12-10-19)28-22-14-13-21(25-26-22)27-16-4-15-24-27/h4-16H,1-3H3. The topological polar surface area (TPSA) is 52.8 Å². The van der Waals surface area contributed by atoms with Crippen LogP contribution in [0.25, 0.3) is 5.82 Å². The molecule has 0 aliphatic rings. The summed E-state index contributed by atoms with van der Waals surface area (Å²) in [6.45, 7) is 6.56. The van der Waals surface area contributed by atoms with Crippen LogP contribution < -0.4 is 4.74 Å².